The zero-order chi connectivity index (χ0) is 14.8. The largest absolute Gasteiger partial charge is 0.481 e. The van der Waals surface area contributed by atoms with E-state index in [0.717, 1.165) is 32.6 Å². The highest BCUT2D eigenvalue weighted by molar-refractivity contribution is 5.85. The van der Waals surface area contributed by atoms with Crippen LogP contribution in [0.4, 0.5) is 0 Å². The van der Waals surface area contributed by atoms with Crippen molar-refractivity contribution in [3.05, 3.63) is 0 Å². The average molecular weight is 282 g/mol. The van der Waals surface area contributed by atoms with Crippen LogP contribution in [0.2, 0.25) is 0 Å². The summed E-state index contributed by atoms with van der Waals surface area (Å²) in [5.74, 6) is -0.821. The Labute approximate surface area is 120 Å². The molecule has 0 radical (unpaired) electrons. The molecule has 0 aliphatic carbocycles. The van der Waals surface area contributed by atoms with E-state index >= 15 is 0 Å². The molecule has 1 N–H and O–H groups in total. The van der Waals surface area contributed by atoms with Crippen molar-refractivity contribution in [1.82, 2.24) is 9.80 Å². The van der Waals surface area contributed by atoms with Crippen LogP contribution in [0.1, 0.15) is 46.0 Å². The molecule has 5 nitrogen and oxygen atoms in total. The Kier molecular flexibility index (Phi) is 4.68. The van der Waals surface area contributed by atoms with Gasteiger partial charge in [-0.1, -0.05) is 13.8 Å². The van der Waals surface area contributed by atoms with Crippen LogP contribution in [0.5, 0.6) is 0 Å². The maximum Gasteiger partial charge on any atom is 0.310 e. The van der Waals surface area contributed by atoms with E-state index in [-0.39, 0.29) is 12.3 Å². The van der Waals surface area contributed by atoms with Gasteiger partial charge < -0.3 is 10.0 Å². The molecular formula is C15H26N2O3. The maximum atomic E-state index is 12.5. The first-order valence-corrected chi connectivity index (χ1v) is 7.77. The van der Waals surface area contributed by atoms with Gasteiger partial charge in [-0.25, -0.2) is 0 Å². The highest BCUT2D eigenvalue weighted by Gasteiger charge is 2.40. The third kappa shape index (κ3) is 2.82. The van der Waals surface area contributed by atoms with E-state index in [4.69, 9.17) is 0 Å². The number of rotatable bonds is 5. The molecule has 0 saturated carbocycles. The molecule has 0 bridgehead atoms. The molecule has 0 aromatic rings. The summed E-state index contributed by atoms with van der Waals surface area (Å²) >= 11 is 0. The molecule has 1 atom stereocenters. The van der Waals surface area contributed by atoms with Crippen molar-refractivity contribution in [3.8, 4) is 0 Å². The summed E-state index contributed by atoms with van der Waals surface area (Å²) in [6.45, 7) is 7.34. The summed E-state index contributed by atoms with van der Waals surface area (Å²) in [7, 11) is 0. The highest BCUT2D eigenvalue weighted by atomic mass is 16.4. The van der Waals surface area contributed by atoms with Gasteiger partial charge in [-0.2, -0.15) is 0 Å². The zero-order valence-corrected chi connectivity index (χ0v) is 12.6. The van der Waals surface area contributed by atoms with Crippen LogP contribution < -0.4 is 0 Å². The first kappa shape index (κ1) is 15.3. The second kappa shape index (κ2) is 6.12. The molecule has 2 fully saturated rings. The number of aliphatic carboxylic acids is 1. The molecular weight excluding hydrogens is 256 g/mol. The highest BCUT2D eigenvalue weighted by Crippen LogP contribution is 2.32. The lowest BCUT2D eigenvalue weighted by molar-refractivity contribution is -0.155. The molecule has 0 aromatic heterocycles. The molecule has 0 aromatic carbocycles. The van der Waals surface area contributed by atoms with Gasteiger partial charge >= 0.3 is 5.97 Å². The van der Waals surface area contributed by atoms with Crippen molar-refractivity contribution >= 4 is 11.9 Å². The maximum absolute atomic E-state index is 12.5. The van der Waals surface area contributed by atoms with E-state index < -0.39 is 11.4 Å². The number of hydrogen-bond acceptors (Lipinski definition) is 3. The minimum Gasteiger partial charge on any atom is -0.481 e. The zero-order valence-electron chi connectivity index (χ0n) is 12.6. The quantitative estimate of drug-likeness (QED) is 0.831. The summed E-state index contributed by atoms with van der Waals surface area (Å²) in [4.78, 5) is 28.3. The fourth-order valence-electron chi connectivity index (χ4n) is 3.50. The third-order valence-corrected chi connectivity index (χ3v) is 5.24. The standard InChI is InChI=1S/C15H26N2O3/c1-3-15(4-2,14(19)20)10-13(18)17-9-8-16-7-5-6-12(16)11-17/h12H,3-11H2,1-2H3,(H,19,20). The molecule has 2 aliphatic rings. The number of piperazine rings is 1. The topological polar surface area (TPSA) is 60.9 Å². The van der Waals surface area contributed by atoms with E-state index in [0.29, 0.717) is 18.9 Å². The van der Waals surface area contributed by atoms with Gasteiger partial charge in [0.2, 0.25) is 5.91 Å². The fourth-order valence-corrected chi connectivity index (χ4v) is 3.50. The Bertz CT molecular complexity index is 379. The Morgan fingerprint density at radius 2 is 1.90 bits per heavy atom. The molecule has 2 rings (SSSR count). The van der Waals surface area contributed by atoms with Crippen molar-refractivity contribution < 1.29 is 14.7 Å². The number of carbonyl (C=O) groups excluding carboxylic acids is 1. The minimum absolute atomic E-state index is 0.0163. The van der Waals surface area contributed by atoms with Gasteiger partial charge in [-0.15, -0.1) is 0 Å². The van der Waals surface area contributed by atoms with E-state index in [1.165, 1.54) is 6.42 Å². The van der Waals surface area contributed by atoms with E-state index in [2.05, 4.69) is 4.90 Å². The molecule has 1 amide bonds. The SMILES string of the molecule is CCC(CC)(CC(=O)N1CCN2CCCC2C1)C(=O)O. The Morgan fingerprint density at radius 3 is 2.50 bits per heavy atom. The smallest absolute Gasteiger partial charge is 0.310 e. The van der Waals surface area contributed by atoms with Crippen molar-refractivity contribution in [2.45, 2.75) is 52.0 Å². The van der Waals surface area contributed by atoms with Crippen LogP contribution in [-0.2, 0) is 9.59 Å². The third-order valence-electron chi connectivity index (χ3n) is 5.24. The molecule has 1 unspecified atom stereocenters. The van der Waals surface area contributed by atoms with E-state index in [1.807, 2.05) is 18.7 Å². The van der Waals surface area contributed by atoms with Crippen molar-refractivity contribution in [2.75, 3.05) is 26.2 Å². The van der Waals surface area contributed by atoms with Crippen molar-refractivity contribution in [3.63, 3.8) is 0 Å². The molecule has 114 valence electrons. The van der Waals surface area contributed by atoms with Gasteiger partial charge in [0.25, 0.3) is 0 Å². The van der Waals surface area contributed by atoms with E-state index in [1.54, 1.807) is 0 Å². The number of carboxylic acids is 1. The van der Waals surface area contributed by atoms with Gasteiger partial charge in [-0.3, -0.25) is 14.5 Å². The number of fused-ring (bicyclic) bond motifs is 1. The Morgan fingerprint density at radius 1 is 1.20 bits per heavy atom. The summed E-state index contributed by atoms with van der Waals surface area (Å²) in [5.41, 5.74) is -0.885. The van der Waals surface area contributed by atoms with Crippen LogP contribution in [0.3, 0.4) is 0 Å². The average Bonchev–Trinajstić information content (AvgIpc) is 2.91. The lowest BCUT2D eigenvalue weighted by atomic mass is 9.79. The molecule has 2 heterocycles. The summed E-state index contributed by atoms with van der Waals surface area (Å²) < 4.78 is 0. The lowest BCUT2D eigenvalue weighted by Gasteiger charge is -2.39. The summed E-state index contributed by atoms with van der Waals surface area (Å²) in [6.07, 6.45) is 3.54. The van der Waals surface area contributed by atoms with Gasteiger partial charge in [-0.05, 0) is 32.2 Å². The monoisotopic (exact) mass is 282 g/mol. The first-order valence-electron chi connectivity index (χ1n) is 7.77. The second-order valence-electron chi connectivity index (χ2n) is 6.14. The number of nitrogens with zero attached hydrogens (tertiary/aromatic N) is 2. The van der Waals surface area contributed by atoms with Crippen molar-refractivity contribution in [2.24, 2.45) is 5.41 Å². The van der Waals surface area contributed by atoms with Gasteiger partial charge in [0.15, 0.2) is 0 Å². The van der Waals surface area contributed by atoms with Gasteiger partial charge in [0.1, 0.15) is 0 Å². The fraction of sp³-hybridized carbons (Fsp3) is 0.867. The molecule has 20 heavy (non-hydrogen) atoms. The first-order chi connectivity index (χ1) is 9.52. The molecule has 5 heteroatoms. The minimum atomic E-state index is -0.885. The number of amides is 1. The number of carbonyl (C=O) groups is 2. The van der Waals surface area contributed by atoms with Crippen molar-refractivity contribution in [1.29, 1.82) is 0 Å². The predicted molar refractivity (Wildman–Crippen MR) is 76.4 cm³/mol. The van der Waals surface area contributed by atoms with Gasteiger partial charge in [0, 0.05) is 32.1 Å². The van der Waals surface area contributed by atoms with Crippen LogP contribution >= 0.6 is 0 Å². The number of carboxylic acid groups (broad SMARTS) is 1. The molecule has 2 aliphatic heterocycles. The Balaban J connectivity index is 1.99. The van der Waals surface area contributed by atoms with Crippen LogP contribution in [0.15, 0.2) is 0 Å². The predicted octanol–water partition coefficient (Wildman–Crippen LogP) is 1.57. The molecule has 0 spiro atoms. The van der Waals surface area contributed by atoms with Gasteiger partial charge in [0.05, 0.1) is 5.41 Å². The normalized spacial score (nSPS) is 23.7. The second-order valence-corrected chi connectivity index (χ2v) is 6.14. The number of hydrogen-bond donors (Lipinski definition) is 1. The summed E-state index contributed by atoms with van der Waals surface area (Å²) in [6, 6.07) is 0.496. The molecule has 2 saturated heterocycles. The summed E-state index contributed by atoms with van der Waals surface area (Å²) in [5, 5.41) is 9.44. The van der Waals surface area contributed by atoms with E-state index in [9.17, 15) is 14.7 Å². The van der Waals surface area contributed by atoms with Crippen LogP contribution in [-0.4, -0.2) is 59.0 Å². The van der Waals surface area contributed by atoms with Crippen LogP contribution in [0.25, 0.3) is 0 Å². The van der Waals surface area contributed by atoms with Crippen LogP contribution in [0, 0.1) is 5.41 Å². The lowest BCUT2D eigenvalue weighted by Crippen LogP contribution is -2.53. The Hall–Kier alpha value is -1.10.